The zero-order valence-corrected chi connectivity index (χ0v) is 13.3. The number of nitrogens with one attached hydrogen (secondary N) is 1. The molecule has 0 saturated heterocycles. The van der Waals surface area contributed by atoms with Crippen LogP contribution in [0.25, 0.3) is 0 Å². The first-order valence-corrected chi connectivity index (χ1v) is 8.28. The lowest BCUT2D eigenvalue weighted by molar-refractivity contribution is 0.171. The summed E-state index contributed by atoms with van der Waals surface area (Å²) in [4.78, 5) is 1.42. The summed E-state index contributed by atoms with van der Waals surface area (Å²) < 4.78 is 11.2. The molecule has 0 fully saturated rings. The Bertz CT molecular complexity index is 582. The van der Waals surface area contributed by atoms with Crippen LogP contribution in [0.3, 0.4) is 0 Å². The number of ether oxygens (including phenoxy) is 2. The second-order valence-corrected chi connectivity index (χ2v) is 6.51. The molecule has 3 nitrogen and oxygen atoms in total. The molecule has 1 aliphatic heterocycles. The number of fused-ring (bicyclic) bond motifs is 1. The van der Waals surface area contributed by atoms with Crippen molar-refractivity contribution in [1.82, 2.24) is 5.32 Å². The van der Waals surface area contributed by atoms with Crippen molar-refractivity contribution in [2.75, 3.05) is 13.2 Å². The van der Waals surface area contributed by atoms with E-state index in [1.807, 2.05) is 17.4 Å². The first-order valence-electron chi connectivity index (χ1n) is 7.40. The predicted octanol–water partition coefficient (Wildman–Crippen LogP) is 3.80. The maximum Gasteiger partial charge on any atom is 0.161 e. The van der Waals surface area contributed by atoms with Crippen molar-refractivity contribution in [1.29, 1.82) is 0 Å². The summed E-state index contributed by atoms with van der Waals surface area (Å²) in [6.45, 7) is 5.69. The van der Waals surface area contributed by atoms with E-state index in [9.17, 15) is 0 Å². The van der Waals surface area contributed by atoms with Crippen LogP contribution in [0.4, 0.5) is 0 Å². The molecule has 3 rings (SSSR count). The number of thiophene rings is 1. The van der Waals surface area contributed by atoms with Crippen LogP contribution in [-0.4, -0.2) is 19.3 Å². The van der Waals surface area contributed by atoms with Gasteiger partial charge in [-0.2, -0.15) is 0 Å². The maximum atomic E-state index is 5.65. The molecule has 2 unspecified atom stereocenters. The zero-order valence-electron chi connectivity index (χ0n) is 12.5. The smallest absolute Gasteiger partial charge is 0.161 e. The third-order valence-electron chi connectivity index (χ3n) is 3.69. The normalized spacial score (nSPS) is 16.5. The zero-order chi connectivity index (χ0) is 14.7. The van der Waals surface area contributed by atoms with Crippen molar-refractivity contribution in [3.05, 3.63) is 46.2 Å². The lowest BCUT2D eigenvalue weighted by atomic mass is 10.1. The molecule has 4 heteroatoms. The van der Waals surface area contributed by atoms with Crippen LogP contribution in [-0.2, 0) is 6.42 Å². The minimum absolute atomic E-state index is 0.288. The van der Waals surface area contributed by atoms with Crippen molar-refractivity contribution in [2.45, 2.75) is 32.4 Å². The average Bonchev–Trinajstić information content (AvgIpc) is 2.99. The summed E-state index contributed by atoms with van der Waals surface area (Å²) in [6.07, 6.45) is 1.06. The van der Waals surface area contributed by atoms with E-state index >= 15 is 0 Å². The summed E-state index contributed by atoms with van der Waals surface area (Å²) in [6, 6.07) is 11.2. The molecule has 1 N–H and O–H groups in total. The van der Waals surface area contributed by atoms with Crippen molar-refractivity contribution < 1.29 is 9.47 Å². The molecule has 0 aliphatic carbocycles. The molecule has 0 saturated carbocycles. The fourth-order valence-electron chi connectivity index (χ4n) is 2.64. The molecule has 2 atom stereocenters. The summed E-state index contributed by atoms with van der Waals surface area (Å²) in [5.41, 5.74) is 1.23. The van der Waals surface area contributed by atoms with Gasteiger partial charge in [-0.05, 0) is 49.4 Å². The number of rotatable bonds is 5. The monoisotopic (exact) mass is 303 g/mol. The highest BCUT2D eigenvalue weighted by Gasteiger charge is 2.15. The molecule has 0 bridgehead atoms. The van der Waals surface area contributed by atoms with Gasteiger partial charge in [-0.15, -0.1) is 11.3 Å². The molecule has 0 radical (unpaired) electrons. The molecular formula is C17H21NO2S. The fourth-order valence-corrected chi connectivity index (χ4v) is 3.48. The van der Waals surface area contributed by atoms with Crippen molar-refractivity contribution >= 4 is 11.3 Å². The predicted molar refractivity (Wildman–Crippen MR) is 86.5 cm³/mol. The molecule has 21 heavy (non-hydrogen) atoms. The molecular weight excluding hydrogens is 282 g/mol. The SMILES string of the molecule is CC(Cc1cccs1)NC(C)c1ccc2c(c1)OCCO2. The van der Waals surface area contributed by atoms with E-state index in [2.05, 4.69) is 48.8 Å². The molecule has 112 valence electrons. The highest BCUT2D eigenvalue weighted by molar-refractivity contribution is 7.09. The van der Waals surface area contributed by atoms with E-state index in [0.717, 1.165) is 17.9 Å². The van der Waals surface area contributed by atoms with Crippen molar-refractivity contribution in [3.63, 3.8) is 0 Å². The number of hydrogen-bond donors (Lipinski definition) is 1. The van der Waals surface area contributed by atoms with Gasteiger partial charge < -0.3 is 14.8 Å². The standard InChI is InChI=1S/C17H21NO2S/c1-12(10-15-4-3-9-21-15)18-13(2)14-5-6-16-17(11-14)20-8-7-19-16/h3-6,9,11-13,18H,7-8,10H2,1-2H3. The maximum absolute atomic E-state index is 5.65. The van der Waals surface area contributed by atoms with Gasteiger partial charge in [0, 0.05) is 17.0 Å². The fraction of sp³-hybridized carbons (Fsp3) is 0.412. The lowest BCUT2D eigenvalue weighted by Crippen LogP contribution is -2.30. The Hall–Kier alpha value is -1.52. The van der Waals surface area contributed by atoms with Gasteiger partial charge in [-0.1, -0.05) is 12.1 Å². The van der Waals surface area contributed by atoms with Crippen molar-refractivity contribution in [2.24, 2.45) is 0 Å². The van der Waals surface area contributed by atoms with Gasteiger partial charge in [0.15, 0.2) is 11.5 Å². The van der Waals surface area contributed by atoms with E-state index in [-0.39, 0.29) is 6.04 Å². The molecule has 2 heterocycles. The van der Waals surface area contributed by atoms with E-state index in [1.165, 1.54) is 10.4 Å². The lowest BCUT2D eigenvalue weighted by Gasteiger charge is -2.23. The van der Waals surface area contributed by atoms with Gasteiger partial charge in [0.25, 0.3) is 0 Å². The minimum Gasteiger partial charge on any atom is -0.486 e. The van der Waals surface area contributed by atoms with E-state index in [4.69, 9.17) is 9.47 Å². The third-order valence-corrected chi connectivity index (χ3v) is 4.59. The second kappa shape index (κ2) is 6.50. The van der Waals surface area contributed by atoms with Gasteiger partial charge in [-0.25, -0.2) is 0 Å². The quantitative estimate of drug-likeness (QED) is 0.911. The van der Waals surface area contributed by atoms with Gasteiger partial charge in [0.2, 0.25) is 0 Å². The summed E-state index contributed by atoms with van der Waals surface area (Å²) >= 11 is 1.82. The largest absolute Gasteiger partial charge is 0.486 e. The van der Waals surface area contributed by atoms with Crippen LogP contribution in [0.2, 0.25) is 0 Å². The van der Waals surface area contributed by atoms with E-state index in [1.54, 1.807) is 0 Å². The van der Waals surface area contributed by atoms with Crippen molar-refractivity contribution in [3.8, 4) is 11.5 Å². The third kappa shape index (κ3) is 3.57. The van der Waals surface area contributed by atoms with Crippen LogP contribution in [0.5, 0.6) is 11.5 Å². The summed E-state index contributed by atoms with van der Waals surface area (Å²) in [7, 11) is 0. The number of benzene rings is 1. The van der Waals surface area contributed by atoms with Crippen LogP contribution in [0.15, 0.2) is 35.7 Å². The Morgan fingerprint density at radius 1 is 1.14 bits per heavy atom. The Balaban J connectivity index is 1.63. The van der Waals surface area contributed by atoms with Crippen LogP contribution in [0.1, 0.15) is 30.3 Å². The van der Waals surface area contributed by atoms with Gasteiger partial charge >= 0.3 is 0 Å². The molecule has 1 aromatic heterocycles. The van der Waals surface area contributed by atoms with Gasteiger partial charge in [0.1, 0.15) is 13.2 Å². The highest BCUT2D eigenvalue weighted by Crippen LogP contribution is 2.32. The Morgan fingerprint density at radius 2 is 1.95 bits per heavy atom. The first-order chi connectivity index (χ1) is 10.2. The van der Waals surface area contributed by atoms with Crippen LogP contribution in [0, 0.1) is 0 Å². The van der Waals surface area contributed by atoms with Gasteiger partial charge in [-0.3, -0.25) is 0 Å². The molecule has 2 aromatic rings. The topological polar surface area (TPSA) is 30.5 Å². The molecule has 0 amide bonds. The Kier molecular flexibility index (Phi) is 4.46. The summed E-state index contributed by atoms with van der Waals surface area (Å²) in [5, 5.41) is 5.78. The molecule has 1 aliphatic rings. The number of hydrogen-bond acceptors (Lipinski definition) is 4. The highest BCUT2D eigenvalue weighted by atomic mass is 32.1. The van der Waals surface area contributed by atoms with E-state index < -0.39 is 0 Å². The van der Waals surface area contributed by atoms with Gasteiger partial charge in [0.05, 0.1) is 0 Å². The molecule has 0 spiro atoms. The Labute approximate surface area is 129 Å². The van der Waals surface area contributed by atoms with Crippen LogP contribution < -0.4 is 14.8 Å². The minimum atomic E-state index is 0.288. The second-order valence-electron chi connectivity index (χ2n) is 5.48. The Morgan fingerprint density at radius 3 is 2.71 bits per heavy atom. The average molecular weight is 303 g/mol. The van der Waals surface area contributed by atoms with E-state index in [0.29, 0.717) is 19.3 Å². The summed E-state index contributed by atoms with van der Waals surface area (Å²) in [5.74, 6) is 1.71. The molecule has 1 aromatic carbocycles. The van der Waals surface area contributed by atoms with Crippen LogP contribution >= 0.6 is 11.3 Å². The first kappa shape index (κ1) is 14.4.